The summed E-state index contributed by atoms with van der Waals surface area (Å²) >= 11 is 0. The van der Waals surface area contributed by atoms with Crippen LogP contribution in [0, 0.1) is 0 Å². The molecule has 0 spiro atoms. The molecule has 2 nitrogen and oxygen atoms in total. The maximum absolute atomic E-state index is 3.73. The van der Waals surface area contributed by atoms with Gasteiger partial charge in [-0.25, -0.2) is 0 Å². The van der Waals surface area contributed by atoms with Crippen molar-refractivity contribution in [2.24, 2.45) is 0 Å². The molecule has 1 N–H and O–H groups in total. The molecule has 2 heterocycles. The summed E-state index contributed by atoms with van der Waals surface area (Å²) in [6.45, 7) is 2.48. The van der Waals surface area contributed by atoms with Gasteiger partial charge in [0.15, 0.2) is 0 Å². The van der Waals surface area contributed by atoms with E-state index >= 15 is 0 Å². The maximum atomic E-state index is 3.73. The van der Waals surface area contributed by atoms with E-state index in [0.29, 0.717) is 6.04 Å². The molecule has 2 heteroatoms. The fourth-order valence-electron chi connectivity index (χ4n) is 4.31. The van der Waals surface area contributed by atoms with E-state index in [1.54, 1.807) is 0 Å². The van der Waals surface area contributed by atoms with Gasteiger partial charge in [0.25, 0.3) is 0 Å². The van der Waals surface area contributed by atoms with Crippen LogP contribution in [0.5, 0.6) is 0 Å². The van der Waals surface area contributed by atoms with E-state index in [2.05, 4.69) is 70.9 Å². The summed E-state index contributed by atoms with van der Waals surface area (Å²) in [5, 5.41) is 3.73. The number of para-hydroxylation sites is 1. The molecule has 2 aliphatic rings. The molecule has 2 aromatic rings. The fourth-order valence-corrected chi connectivity index (χ4v) is 4.31. The zero-order valence-electron chi connectivity index (χ0n) is 13.7. The monoisotopic (exact) mass is 306 g/mol. The van der Waals surface area contributed by atoms with Crippen molar-refractivity contribution in [2.45, 2.75) is 43.7 Å². The van der Waals surface area contributed by atoms with Crippen molar-refractivity contribution in [3.63, 3.8) is 0 Å². The second-order valence-electron chi connectivity index (χ2n) is 7.07. The van der Waals surface area contributed by atoms with Gasteiger partial charge in [-0.3, -0.25) is 4.90 Å². The number of benzene rings is 2. The highest BCUT2D eigenvalue weighted by Gasteiger charge is 2.33. The summed E-state index contributed by atoms with van der Waals surface area (Å²) < 4.78 is 0. The lowest BCUT2D eigenvalue weighted by atomic mass is 9.82. The van der Waals surface area contributed by atoms with Crippen LogP contribution in [0.3, 0.4) is 0 Å². The Balaban J connectivity index is 1.36. The molecule has 0 saturated carbocycles. The van der Waals surface area contributed by atoms with Crippen LogP contribution in [0.2, 0.25) is 0 Å². The topological polar surface area (TPSA) is 15.3 Å². The quantitative estimate of drug-likeness (QED) is 0.897. The molecule has 0 amide bonds. The summed E-state index contributed by atoms with van der Waals surface area (Å²) in [6, 6.07) is 23.1. The average Bonchev–Trinajstić information content (AvgIpc) is 2.63. The van der Waals surface area contributed by atoms with Gasteiger partial charge in [-0.2, -0.15) is 0 Å². The average molecular weight is 306 g/mol. The van der Waals surface area contributed by atoms with Gasteiger partial charge in [0.2, 0.25) is 0 Å². The van der Waals surface area contributed by atoms with Crippen molar-refractivity contribution in [1.82, 2.24) is 4.90 Å². The normalized spacial score (nSPS) is 28.1. The molecule has 23 heavy (non-hydrogen) atoms. The number of anilines is 1. The smallest absolute Gasteiger partial charge is 0.0342 e. The van der Waals surface area contributed by atoms with E-state index in [4.69, 9.17) is 0 Å². The summed E-state index contributed by atoms with van der Waals surface area (Å²) in [4.78, 5) is 2.74. The highest BCUT2D eigenvalue weighted by Crippen LogP contribution is 2.34. The molecular weight excluding hydrogens is 280 g/mol. The highest BCUT2D eigenvalue weighted by atomic mass is 15.2. The molecule has 2 fully saturated rings. The van der Waals surface area contributed by atoms with E-state index < -0.39 is 0 Å². The van der Waals surface area contributed by atoms with Crippen molar-refractivity contribution >= 4 is 5.69 Å². The molecule has 3 atom stereocenters. The lowest BCUT2D eigenvalue weighted by molar-refractivity contribution is 0.0902. The minimum Gasteiger partial charge on any atom is -0.382 e. The number of piperidine rings is 2. The van der Waals surface area contributed by atoms with E-state index in [-0.39, 0.29) is 0 Å². The number of hydrogen-bond acceptors (Lipinski definition) is 2. The molecule has 3 unspecified atom stereocenters. The summed E-state index contributed by atoms with van der Waals surface area (Å²) in [6.07, 6.45) is 5.22. The number of nitrogens with one attached hydrogen (secondary N) is 1. The summed E-state index contributed by atoms with van der Waals surface area (Å²) in [7, 11) is 0. The van der Waals surface area contributed by atoms with Gasteiger partial charge >= 0.3 is 0 Å². The maximum Gasteiger partial charge on any atom is 0.0342 e. The Morgan fingerprint density at radius 2 is 1.57 bits per heavy atom. The van der Waals surface area contributed by atoms with Crippen LogP contribution in [-0.2, 0) is 0 Å². The fraction of sp³-hybridized carbons (Fsp3) is 0.429. The third-order valence-corrected chi connectivity index (χ3v) is 5.56. The molecule has 2 aliphatic heterocycles. The molecule has 0 bridgehead atoms. The van der Waals surface area contributed by atoms with Crippen LogP contribution < -0.4 is 5.32 Å². The Labute approximate surface area is 139 Å². The van der Waals surface area contributed by atoms with E-state index in [1.165, 1.54) is 50.0 Å². The van der Waals surface area contributed by atoms with Crippen LogP contribution in [0.1, 0.15) is 37.2 Å². The van der Waals surface area contributed by atoms with Gasteiger partial charge in [0.05, 0.1) is 0 Å². The number of fused-ring (bicyclic) bond motifs is 1. The van der Waals surface area contributed by atoms with Crippen LogP contribution in [0.4, 0.5) is 5.69 Å². The first-order valence-electron chi connectivity index (χ1n) is 8.99. The minimum absolute atomic E-state index is 0.631. The molecule has 4 rings (SSSR count). The Morgan fingerprint density at radius 3 is 2.35 bits per heavy atom. The zero-order valence-corrected chi connectivity index (χ0v) is 13.7. The van der Waals surface area contributed by atoms with Gasteiger partial charge in [-0.05, 0) is 49.3 Å². The Hall–Kier alpha value is -1.80. The third-order valence-electron chi connectivity index (χ3n) is 5.56. The van der Waals surface area contributed by atoms with Crippen molar-refractivity contribution in [1.29, 1.82) is 0 Å². The molecular formula is C21H26N2. The first-order chi connectivity index (χ1) is 11.4. The van der Waals surface area contributed by atoms with Crippen molar-refractivity contribution in [3.05, 3.63) is 66.2 Å². The minimum atomic E-state index is 0.631. The largest absolute Gasteiger partial charge is 0.382 e. The predicted molar refractivity (Wildman–Crippen MR) is 96.9 cm³/mol. The number of nitrogens with zero attached hydrogens (tertiary/aromatic N) is 1. The SMILES string of the molecule is c1ccc(NC2CCN3CC(c4ccccc4)CCC3C2)cc1. The third kappa shape index (κ3) is 3.42. The molecule has 0 aliphatic carbocycles. The van der Waals surface area contributed by atoms with E-state index in [9.17, 15) is 0 Å². The van der Waals surface area contributed by atoms with E-state index in [0.717, 1.165) is 12.0 Å². The predicted octanol–water partition coefficient (Wildman–Crippen LogP) is 4.51. The lowest BCUT2D eigenvalue weighted by Gasteiger charge is -2.45. The zero-order chi connectivity index (χ0) is 15.5. The van der Waals surface area contributed by atoms with Crippen LogP contribution in [-0.4, -0.2) is 30.1 Å². The standard InChI is InChI=1S/C21H26N2/c1-3-7-17(8-4-1)18-11-12-21-15-20(13-14-23(21)16-18)22-19-9-5-2-6-10-19/h1-10,18,20-22H,11-16H2. The summed E-state index contributed by atoms with van der Waals surface area (Å²) in [5.41, 5.74) is 2.79. The van der Waals surface area contributed by atoms with Crippen LogP contribution in [0.15, 0.2) is 60.7 Å². The van der Waals surface area contributed by atoms with Crippen LogP contribution in [0.25, 0.3) is 0 Å². The van der Waals surface area contributed by atoms with Gasteiger partial charge in [0, 0.05) is 30.9 Å². The Bertz CT molecular complexity index is 610. The highest BCUT2D eigenvalue weighted by molar-refractivity contribution is 5.43. The summed E-state index contributed by atoms with van der Waals surface area (Å²) in [5.74, 6) is 0.728. The first kappa shape index (κ1) is 14.8. The molecule has 0 aromatic heterocycles. The second kappa shape index (κ2) is 6.76. The number of rotatable bonds is 3. The van der Waals surface area contributed by atoms with Crippen molar-refractivity contribution < 1.29 is 0 Å². The molecule has 2 saturated heterocycles. The van der Waals surface area contributed by atoms with Gasteiger partial charge < -0.3 is 5.32 Å². The van der Waals surface area contributed by atoms with Crippen molar-refractivity contribution in [3.8, 4) is 0 Å². The van der Waals surface area contributed by atoms with Crippen molar-refractivity contribution in [2.75, 3.05) is 18.4 Å². The molecule has 2 aromatic carbocycles. The van der Waals surface area contributed by atoms with Crippen LogP contribution >= 0.6 is 0 Å². The second-order valence-corrected chi connectivity index (χ2v) is 7.07. The Morgan fingerprint density at radius 1 is 0.826 bits per heavy atom. The Kier molecular flexibility index (Phi) is 4.34. The number of hydrogen-bond donors (Lipinski definition) is 1. The molecule has 0 radical (unpaired) electrons. The van der Waals surface area contributed by atoms with Gasteiger partial charge in [-0.1, -0.05) is 48.5 Å². The first-order valence-corrected chi connectivity index (χ1v) is 8.99. The van der Waals surface area contributed by atoms with Gasteiger partial charge in [-0.15, -0.1) is 0 Å². The van der Waals surface area contributed by atoms with Gasteiger partial charge in [0.1, 0.15) is 0 Å². The molecule has 120 valence electrons. The lowest BCUT2D eigenvalue weighted by Crippen LogP contribution is -2.50. The van der Waals surface area contributed by atoms with E-state index in [1.807, 2.05) is 0 Å².